The van der Waals surface area contributed by atoms with E-state index in [1.807, 2.05) is 6.92 Å². The maximum Gasteiger partial charge on any atom is 0.412 e. The third-order valence-corrected chi connectivity index (χ3v) is 1.72. The van der Waals surface area contributed by atoms with Gasteiger partial charge in [0.05, 0.1) is 0 Å². The van der Waals surface area contributed by atoms with Gasteiger partial charge in [0.25, 0.3) is 0 Å². The summed E-state index contributed by atoms with van der Waals surface area (Å²) in [5.41, 5.74) is -0.0379. The van der Waals surface area contributed by atoms with Crippen LogP contribution in [0.15, 0.2) is 23.3 Å². The van der Waals surface area contributed by atoms with E-state index in [4.69, 9.17) is 5.41 Å². The Morgan fingerprint density at radius 1 is 1.29 bits per heavy atom. The minimum absolute atomic E-state index is 0.608. The molecule has 0 unspecified atom stereocenters. The van der Waals surface area contributed by atoms with Gasteiger partial charge >= 0.3 is 6.18 Å². The van der Waals surface area contributed by atoms with E-state index in [1.165, 1.54) is 6.08 Å². The molecule has 80 valence electrons. The highest BCUT2D eigenvalue weighted by Crippen LogP contribution is 2.24. The highest BCUT2D eigenvalue weighted by Gasteiger charge is 2.29. The van der Waals surface area contributed by atoms with Gasteiger partial charge in [-0.15, -0.1) is 0 Å². The molecule has 0 aromatic carbocycles. The topological polar surface area (TPSA) is 23.9 Å². The molecule has 0 fully saturated rings. The lowest BCUT2D eigenvalue weighted by molar-refractivity contribution is -0.0912. The van der Waals surface area contributed by atoms with Crippen LogP contribution < -0.4 is 0 Å². The van der Waals surface area contributed by atoms with Gasteiger partial charge in [0.1, 0.15) is 0 Å². The third kappa shape index (κ3) is 4.84. The molecule has 0 aliphatic rings. The standard InChI is InChI=1S/C10H14F3N/c1-3-4-9(7-14)6-5-8(2)10(11,12)13/h5-7,14H,3-4H2,1-2H3/b8-5+,9-6-,14-7?. The monoisotopic (exact) mass is 205 g/mol. The average molecular weight is 205 g/mol. The molecular weight excluding hydrogens is 191 g/mol. The minimum Gasteiger partial charge on any atom is -0.308 e. The number of halogens is 3. The molecule has 0 bridgehead atoms. The van der Waals surface area contributed by atoms with Crippen LogP contribution in [0.4, 0.5) is 13.2 Å². The van der Waals surface area contributed by atoms with Crippen molar-refractivity contribution in [3.63, 3.8) is 0 Å². The SMILES string of the molecule is CCC/C(C=N)=C/C=C(\C)C(F)(F)F. The van der Waals surface area contributed by atoms with Gasteiger partial charge < -0.3 is 5.41 Å². The average Bonchev–Trinajstić information content (AvgIpc) is 2.10. The summed E-state index contributed by atoms with van der Waals surface area (Å²) < 4.78 is 36.1. The summed E-state index contributed by atoms with van der Waals surface area (Å²) in [6.45, 7) is 2.93. The Balaban J connectivity index is 4.57. The van der Waals surface area contributed by atoms with Crippen molar-refractivity contribution in [2.45, 2.75) is 32.9 Å². The highest BCUT2D eigenvalue weighted by molar-refractivity contribution is 5.76. The molecule has 1 N–H and O–H groups in total. The predicted octanol–water partition coefficient (Wildman–Crippen LogP) is 3.87. The molecule has 0 aromatic heterocycles. The first-order valence-corrected chi connectivity index (χ1v) is 4.37. The first-order valence-electron chi connectivity index (χ1n) is 4.37. The fraction of sp³-hybridized carbons (Fsp3) is 0.500. The predicted molar refractivity (Wildman–Crippen MR) is 51.6 cm³/mol. The van der Waals surface area contributed by atoms with E-state index in [9.17, 15) is 13.2 Å². The van der Waals surface area contributed by atoms with Crippen LogP contribution in [0.3, 0.4) is 0 Å². The van der Waals surface area contributed by atoms with Crippen LogP contribution in [-0.4, -0.2) is 12.4 Å². The Bertz CT molecular complexity index is 249. The van der Waals surface area contributed by atoms with Crippen molar-refractivity contribution in [3.8, 4) is 0 Å². The number of rotatable bonds is 4. The molecule has 1 nitrogen and oxygen atoms in total. The zero-order valence-corrected chi connectivity index (χ0v) is 8.28. The maximum absolute atomic E-state index is 12.0. The molecule has 0 aliphatic carbocycles. The summed E-state index contributed by atoms with van der Waals surface area (Å²) in [7, 11) is 0. The molecule has 0 aromatic rings. The quantitative estimate of drug-likeness (QED) is 0.532. The zero-order valence-electron chi connectivity index (χ0n) is 8.28. The van der Waals surface area contributed by atoms with Gasteiger partial charge in [-0.2, -0.15) is 13.2 Å². The molecule has 0 atom stereocenters. The van der Waals surface area contributed by atoms with Crippen molar-refractivity contribution in [1.29, 1.82) is 5.41 Å². The summed E-state index contributed by atoms with van der Waals surface area (Å²) in [4.78, 5) is 0. The first-order chi connectivity index (χ1) is 6.41. The number of alkyl halides is 3. The van der Waals surface area contributed by atoms with Crippen molar-refractivity contribution < 1.29 is 13.2 Å². The van der Waals surface area contributed by atoms with Crippen LogP contribution in [0.2, 0.25) is 0 Å². The molecule has 0 saturated heterocycles. The van der Waals surface area contributed by atoms with E-state index in [-0.39, 0.29) is 0 Å². The third-order valence-electron chi connectivity index (χ3n) is 1.72. The van der Waals surface area contributed by atoms with Gasteiger partial charge in [0.2, 0.25) is 0 Å². The van der Waals surface area contributed by atoms with Crippen molar-refractivity contribution in [3.05, 3.63) is 23.3 Å². The summed E-state index contributed by atoms with van der Waals surface area (Å²) in [5, 5.41) is 6.96. The van der Waals surface area contributed by atoms with E-state index < -0.39 is 11.7 Å². The smallest absolute Gasteiger partial charge is 0.308 e. The fourth-order valence-corrected chi connectivity index (χ4v) is 0.819. The molecule has 14 heavy (non-hydrogen) atoms. The molecule has 4 heteroatoms. The number of allylic oxidation sites excluding steroid dienone is 4. The summed E-state index contributed by atoms with van der Waals surface area (Å²) in [5.74, 6) is 0. The van der Waals surface area contributed by atoms with E-state index in [1.54, 1.807) is 0 Å². The van der Waals surface area contributed by atoms with E-state index in [0.717, 1.165) is 25.6 Å². The molecule has 0 aliphatic heterocycles. The Morgan fingerprint density at radius 2 is 1.86 bits per heavy atom. The van der Waals surface area contributed by atoms with Crippen LogP contribution in [0.25, 0.3) is 0 Å². The van der Waals surface area contributed by atoms with Crippen LogP contribution in [0.1, 0.15) is 26.7 Å². The largest absolute Gasteiger partial charge is 0.412 e. The second-order valence-corrected chi connectivity index (χ2v) is 2.98. The molecule has 0 spiro atoms. The lowest BCUT2D eigenvalue weighted by Gasteiger charge is -2.04. The number of hydrogen-bond acceptors (Lipinski definition) is 1. The van der Waals surface area contributed by atoms with Gasteiger partial charge in [0.15, 0.2) is 0 Å². The van der Waals surface area contributed by atoms with Crippen molar-refractivity contribution >= 4 is 6.21 Å². The minimum atomic E-state index is -4.27. The molecule has 0 radical (unpaired) electrons. The lowest BCUT2D eigenvalue weighted by Crippen LogP contribution is -2.08. The normalized spacial score (nSPS) is 14.4. The second-order valence-electron chi connectivity index (χ2n) is 2.98. The lowest BCUT2D eigenvalue weighted by atomic mass is 10.1. The van der Waals surface area contributed by atoms with Crippen LogP contribution in [0.5, 0.6) is 0 Å². The van der Waals surface area contributed by atoms with Crippen LogP contribution in [0, 0.1) is 5.41 Å². The Kier molecular flexibility index (Phi) is 5.20. The van der Waals surface area contributed by atoms with Gasteiger partial charge in [-0.25, -0.2) is 0 Å². The zero-order chi connectivity index (χ0) is 11.2. The second kappa shape index (κ2) is 5.62. The summed E-state index contributed by atoms with van der Waals surface area (Å²) in [6.07, 6.45) is 0.625. The molecular formula is C10H14F3N. The van der Waals surface area contributed by atoms with Crippen molar-refractivity contribution in [2.75, 3.05) is 0 Å². The highest BCUT2D eigenvalue weighted by atomic mass is 19.4. The van der Waals surface area contributed by atoms with Gasteiger partial charge in [-0.3, -0.25) is 0 Å². The van der Waals surface area contributed by atoms with Crippen LogP contribution in [-0.2, 0) is 0 Å². The van der Waals surface area contributed by atoms with E-state index in [0.29, 0.717) is 12.0 Å². The first kappa shape index (κ1) is 12.9. The van der Waals surface area contributed by atoms with Gasteiger partial charge in [0, 0.05) is 11.8 Å². The fourth-order valence-electron chi connectivity index (χ4n) is 0.819. The molecule has 0 rings (SSSR count). The van der Waals surface area contributed by atoms with Crippen LogP contribution >= 0.6 is 0 Å². The van der Waals surface area contributed by atoms with Crippen molar-refractivity contribution in [1.82, 2.24) is 0 Å². The van der Waals surface area contributed by atoms with Gasteiger partial charge in [-0.05, 0) is 18.9 Å². The maximum atomic E-state index is 12.0. The molecule has 0 amide bonds. The number of nitrogens with one attached hydrogen (secondary N) is 1. The number of hydrogen-bond donors (Lipinski definition) is 1. The Labute approximate surface area is 81.8 Å². The van der Waals surface area contributed by atoms with E-state index in [2.05, 4.69) is 0 Å². The molecule has 0 saturated carbocycles. The van der Waals surface area contributed by atoms with E-state index >= 15 is 0 Å². The Morgan fingerprint density at radius 3 is 2.21 bits per heavy atom. The van der Waals surface area contributed by atoms with Crippen molar-refractivity contribution in [2.24, 2.45) is 0 Å². The molecule has 0 heterocycles. The Hall–Kier alpha value is -1.06. The summed E-state index contributed by atoms with van der Waals surface area (Å²) in [6, 6.07) is 0. The van der Waals surface area contributed by atoms with Gasteiger partial charge in [-0.1, -0.05) is 25.5 Å². The summed E-state index contributed by atoms with van der Waals surface area (Å²) >= 11 is 0.